The molecule has 164 valence electrons. The van der Waals surface area contributed by atoms with E-state index in [4.69, 9.17) is 16.3 Å². The van der Waals surface area contributed by atoms with E-state index < -0.39 is 0 Å². The summed E-state index contributed by atoms with van der Waals surface area (Å²) >= 11 is 5.50. The number of nitrogens with zero attached hydrogens (tertiary/aromatic N) is 5. The smallest absolute Gasteiger partial charge is 0.273 e. The van der Waals surface area contributed by atoms with E-state index in [1.54, 1.807) is 43.6 Å². The van der Waals surface area contributed by atoms with E-state index >= 15 is 0 Å². The molecule has 32 heavy (non-hydrogen) atoms. The van der Waals surface area contributed by atoms with Crippen molar-refractivity contribution in [2.45, 2.75) is 13.8 Å². The van der Waals surface area contributed by atoms with E-state index in [0.29, 0.717) is 34.5 Å². The number of aryl methyl sites for hydroxylation is 3. The van der Waals surface area contributed by atoms with Crippen molar-refractivity contribution in [3.05, 3.63) is 59.5 Å². The third kappa shape index (κ3) is 4.54. The number of amides is 2. The highest BCUT2D eigenvalue weighted by molar-refractivity contribution is 6.29. The molecule has 2 N–H and O–H groups in total. The zero-order valence-corrected chi connectivity index (χ0v) is 18.3. The van der Waals surface area contributed by atoms with E-state index in [0.717, 1.165) is 11.3 Å². The SMILES string of the molecule is Cc1cc(C(=O)Nc2cc(Oc3ccc4nc(NC(=O)CCl)cn4n3)ccc2C)n(C)n1. The summed E-state index contributed by atoms with van der Waals surface area (Å²) in [7, 11) is 1.72. The summed E-state index contributed by atoms with van der Waals surface area (Å²) in [6.45, 7) is 3.72. The molecule has 0 saturated carbocycles. The number of benzene rings is 1. The number of nitrogens with one attached hydrogen (secondary N) is 2. The number of hydrogen-bond donors (Lipinski definition) is 2. The van der Waals surface area contributed by atoms with Crippen LogP contribution in [0.3, 0.4) is 0 Å². The lowest BCUT2D eigenvalue weighted by Crippen LogP contribution is -2.16. The number of ether oxygens (including phenoxy) is 1. The molecule has 0 saturated heterocycles. The van der Waals surface area contributed by atoms with Gasteiger partial charge in [-0.3, -0.25) is 14.3 Å². The highest BCUT2D eigenvalue weighted by Crippen LogP contribution is 2.26. The number of alkyl halides is 1. The lowest BCUT2D eigenvalue weighted by atomic mass is 10.2. The fraction of sp³-hybridized carbons (Fsp3) is 0.190. The summed E-state index contributed by atoms with van der Waals surface area (Å²) < 4.78 is 8.89. The zero-order chi connectivity index (χ0) is 22.8. The van der Waals surface area contributed by atoms with Gasteiger partial charge in [0, 0.05) is 24.9 Å². The second-order valence-electron chi connectivity index (χ2n) is 7.11. The zero-order valence-electron chi connectivity index (χ0n) is 17.6. The molecule has 2 amide bonds. The van der Waals surface area contributed by atoms with E-state index in [1.807, 2.05) is 19.9 Å². The van der Waals surface area contributed by atoms with Gasteiger partial charge in [-0.15, -0.1) is 16.7 Å². The van der Waals surface area contributed by atoms with Crippen molar-refractivity contribution in [2.75, 3.05) is 16.5 Å². The Labute approximate surface area is 188 Å². The Morgan fingerprint density at radius 2 is 1.91 bits per heavy atom. The lowest BCUT2D eigenvalue weighted by molar-refractivity contribution is -0.113. The summed E-state index contributed by atoms with van der Waals surface area (Å²) in [6.07, 6.45) is 1.56. The Hall–Kier alpha value is -3.92. The number of carbonyl (C=O) groups excluding carboxylic acids is 2. The van der Waals surface area contributed by atoms with E-state index in [9.17, 15) is 9.59 Å². The Kier molecular flexibility index (Phi) is 5.78. The summed E-state index contributed by atoms with van der Waals surface area (Å²) in [5, 5.41) is 14.0. The molecule has 1 aromatic carbocycles. The topological polar surface area (TPSA) is 115 Å². The predicted molar refractivity (Wildman–Crippen MR) is 119 cm³/mol. The van der Waals surface area contributed by atoms with Crippen LogP contribution in [0.4, 0.5) is 11.5 Å². The van der Waals surface area contributed by atoms with Crippen LogP contribution in [0.5, 0.6) is 11.6 Å². The Morgan fingerprint density at radius 3 is 2.62 bits per heavy atom. The maximum Gasteiger partial charge on any atom is 0.273 e. The second kappa shape index (κ2) is 8.67. The third-order valence-electron chi connectivity index (χ3n) is 4.60. The van der Waals surface area contributed by atoms with Crippen LogP contribution < -0.4 is 15.4 Å². The molecule has 3 heterocycles. The first kappa shape index (κ1) is 21.3. The first-order chi connectivity index (χ1) is 15.3. The van der Waals surface area contributed by atoms with Crippen molar-refractivity contribution in [3.63, 3.8) is 0 Å². The Bertz CT molecular complexity index is 1330. The molecule has 0 bridgehead atoms. The first-order valence-electron chi connectivity index (χ1n) is 9.65. The van der Waals surface area contributed by atoms with Gasteiger partial charge in [0.05, 0.1) is 11.9 Å². The average Bonchev–Trinajstić information content (AvgIpc) is 3.31. The average molecular weight is 454 g/mol. The molecule has 4 rings (SSSR count). The van der Waals surface area contributed by atoms with Crippen LogP contribution in [-0.2, 0) is 11.8 Å². The fourth-order valence-electron chi connectivity index (χ4n) is 3.08. The quantitative estimate of drug-likeness (QED) is 0.433. The fourth-order valence-corrected chi connectivity index (χ4v) is 3.15. The van der Waals surface area contributed by atoms with Gasteiger partial charge in [-0.05, 0) is 37.6 Å². The maximum absolute atomic E-state index is 12.6. The standard InChI is InChI=1S/C21H20ClN7O3/c1-12-4-5-14(9-15(12)23-21(31)16-8-13(2)26-28(16)3)32-20-7-6-18-24-17(11-29(18)27-20)25-19(30)10-22/h4-9,11H,10H2,1-3H3,(H,23,31)(H,25,30). The molecular weight excluding hydrogens is 434 g/mol. The second-order valence-corrected chi connectivity index (χ2v) is 7.38. The molecule has 3 aromatic heterocycles. The largest absolute Gasteiger partial charge is 0.438 e. The van der Waals surface area contributed by atoms with E-state index in [2.05, 4.69) is 25.8 Å². The van der Waals surface area contributed by atoms with Crippen LogP contribution in [0.25, 0.3) is 5.65 Å². The summed E-state index contributed by atoms with van der Waals surface area (Å²) in [5.74, 6) is 0.358. The summed E-state index contributed by atoms with van der Waals surface area (Å²) in [5.41, 5.74) is 3.24. The summed E-state index contributed by atoms with van der Waals surface area (Å²) in [6, 6.07) is 10.4. The monoisotopic (exact) mass is 453 g/mol. The van der Waals surface area contributed by atoms with Gasteiger partial charge in [0.15, 0.2) is 11.5 Å². The van der Waals surface area contributed by atoms with Crippen molar-refractivity contribution in [3.8, 4) is 11.6 Å². The van der Waals surface area contributed by atoms with Gasteiger partial charge in [0.25, 0.3) is 5.91 Å². The van der Waals surface area contributed by atoms with Crippen molar-refractivity contribution in [1.29, 1.82) is 0 Å². The van der Waals surface area contributed by atoms with Crippen molar-refractivity contribution < 1.29 is 14.3 Å². The van der Waals surface area contributed by atoms with Crippen LogP contribution in [0.2, 0.25) is 0 Å². The van der Waals surface area contributed by atoms with Gasteiger partial charge in [0.1, 0.15) is 17.3 Å². The van der Waals surface area contributed by atoms with Crippen LogP contribution in [-0.4, -0.2) is 42.1 Å². The molecule has 0 spiro atoms. The van der Waals surface area contributed by atoms with Gasteiger partial charge < -0.3 is 15.4 Å². The molecule has 0 unspecified atom stereocenters. The normalized spacial score (nSPS) is 10.9. The minimum Gasteiger partial charge on any atom is -0.438 e. The van der Waals surface area contributed by atoms with Crippen molar-refractivity contribution in [1.82, 2.24) is 24.4 Å². The number of halogens is 1. The predicted octanol–water partition coefficient (Wildman–Crippen LogP) is 3.30. The van der Waals surface area contributed by atoms with Gasteiger partial charge in [0.2, 0.25) is 11.8 Å². The maximum atomic E-state index is 12.6. The van der Waals surface area contributed by atoms with Gasteiger partial charge in [-0.25, -0.2) is 9.50 Å². The van der Waals surface area contributed by atoms with Crippen LogP contribution in [0.15, 0.2) is 42.6 Å². The first-order valence-corrected chi connectivity index (χ1v) is 10.2. The van der Waals surface area contributed by atoms with Crippen molar-refractivity contribution >= 4 is 40.6 Å². The highest BCUT2D eigenvalue weighted by Gasteiger charge is 2.14. The van der Waals surface area contributed by atoms with Crippen molar-refractivity contribution in [2.24, 2.45) is 7.05 Å². The number of fused-ring (bicyclic) bond motifs is 1. The molecule has 0 atom stereocenters. The van der Waals surface area contributed by atoms with Crippen LogP contribution >= 0.6 is 11.6 Å². The highest BCUT2D eigenvalue weighted by atomic mass is 35.5. The van der Waals surface area contributed by atoms with E-state index in [1.165, 1.54) is 9.20 Å². The number of imidazole rings is 1. The third-order valence-corrected chi connectivity index (χ3v) is 4.84. The molecule has 10 nitrogen and oxygen atoms in total. The van der Waals surface area contributed by atoms with Gasteiger partial charge >= 0.3 is 0 Å². The number of rotatable bonds is 6. The molecule has 0 radical (unpaired) electrons. The number of hydrogen-bond acceptors (Lipinski definition) is 6. The molecule has 0 aliphatic heterocycles. The van der Waals surface area contributed by atoms with E-state index in [-0.39, 0.29) is 17.7 Å². The van der Waals surface area contributed by atoms with Gasteiger partial charge in [-0.1, -0.05) is 6.07 Å². The molecule has 0 aliphatic carbocycles. The van der Waals surface area contributed by atoms with Gasteiger partial charge in [-0.2, -0.15) is 5.10 Å². The molecule has 0 fully saturated rings. The lowest BCUT2D eigenvalue weighted by Gasteiger charge is -2.11. The molecule has 4 aromatic rings. The van der Waals surface area contributed by atoms with Crippen LogP contribution in [0.1, 0.15) is 21.7 Å². The minimum atomic E-state index is -0.359. The minimum absolute atomic E-state index is 0.165. The Balaban J connectivity index is 1.53. The Morgan fingerprint density at radius 1 is 1.09 bits per heavy atom. The molecule has 11 heteroatoms. The number of aromatic nitrogens is 5. The van der Waals surface area contributed by atoms with Crippen LogP contribution in [0, 0.1) is 13.8 Å². The number of anilines is 2. The molecular formula is C21H20ClN7O3. The summed E-state index contributed by atoms with van der Waals surface area (Å²) in [4.78, 5) is 28.3. The molecule has 0 aliphatic rings. The number of carbonyl (C=O) groups is 2.